The van der Waals surface area contributed by atoms with E-state index in [0.29, 0.717) is 31.1 Å². The van der Waals surface area contributed by atoms with Crippen molar-refractivity contribution < 1.29 is 14.6 Å². The summed E-state index contributed by atoms with van der Waals surface area (Å²) in [5.41, 5.74) is 8.89. The van der Waals surface area contributed by atoms with Crippen LogP contribution in [-0.4, -0.2) is 26.2 Å². The first kappa shape index (κ1) is 23.0. The second-order valence-electron chi connectivity index (χ2n) is 6.80. The lowest BCUT2D eigenvalue weighted by atomic mass is 10.1. The first-order valence-corrected chi connectivity index (χ1v) is 10.9. The molecule has 0 aliphatic carbocycles. The van der Waals surface area contributed by atoms with E-state index in [1.807, 2.05) is 60.7 Å². The van der Waals surface area contributed by atoms with Crippen molar-refractivity contribution in [2.75, 3.05) is 0 Å². The van der Waals surface area contributed by atoms with E-state index in [9.17, 15) is 4.79 Å². The van der Waals surface area contributed by atoms with Crippen LogP contribution in [0.15, 0.2) is 83.3 Å². The van der Waals surface area contributed by atoms with Crippen molar-refractivity contribution in [2.45, 2.75) is 25.9 Å². The van der Waals surface area contributed by atoms with Gasteiger partial charge in [-0.2, -0.15) is 4.99 Å². The fraction of sp³-hybridized carbons (Fsp3) is 0.167. The van der Waals surface area contributed by atoms with Gasteiger partial charge in [-0.3, -0.25) is 4.79 Å². The highest BCUT2D eigenvalue weighted by molar-refractivity contribution is 8.16. The maximum Gasteiger partial charge on any atom is 0.303 e. The number of carbonyl (C=O) groups is 1. The highest BCUT2D eigenvalue weighted by Crippen LogP contribution is 2.25. The predicted octanol–water partition coefficient (Wildman–Crippen LogP) is 4.70. The minimum atomic E-state index is -0.840. The molecule has 0 aliphatic heterocycles. The van der Waals surface area contributed by atoms with Crippen LogP contribution >= 0.6 is 11.8 Å². The minimum absolute atomic E-state index is 0.0694. The summed E-state index contributed by atoms with van der Waals surface area (Å²) in [4.78, 5) is 24.0. The van der Waals surface area contributed by atoms with E-state index in [-0.39, 0.29) is 11.6 Å². The quantitative estimate of drug-likeness (QED) is 0.341. The SMILES string of the molecule is NC(=Nc1ncc(Cc2ccccc2)nc1OCc1ccccc1)S/C=C/CCC(=O)O. The number of carboxylic acids is 1. The number of hydrogen-bond acceptors (Lipinski definition) is 6. The summed E-state index contributed by atoms with van der Waals surface area (Å²) in [6.45, 7) is 0.328. The monoisotopic (exact) mass is 448 g/mol. The van der Waals surface area contributed by atoms with E-state index in [0.717, 1.165) is 16.8 Å². The second kappa shape index (κ2) is 12.3. The third-order valence-electron chi connectivity index (χ3n) is 4.24. The Morgan fingerprint density at radius 3 is 2.47 bits per heavy atom. The van der Waals surface area contributed by atoms with Crippen LogP contribution in [-0.2, 0) is 17.8 Å². The van der Waals surface area contributed by atoms with Crippen LogP contribution in [0.25, 0.3) is 0 Å². The number of aliphatic carboxylic acids is 1. The first-order valence-electron chi connectivity index (χ1n) is 10.0. The number of nitrogens with zero attached hydrogens (tertiary/aromatic N) is 3. The summed E-state index contributed by atoms with van der Waals surface area (Å²) in [5.74, 6) is -0.241. The molecule has 0 atom stereocenters. The molecule has 0 saturated heterocycles. The summed E-state index contributed by atoms with van der Waals surface area (Å²) in [7, 11) is 0. The van der Waals surface area contributed by atoms with Gasteiger partial charge in [-0.15, -0.1) is 0 Å². The molecule has 0 saturated carbocycles. The third-order valence-corrected chi connectivity index (χ3v) is 4.91. The molecule has 1 aromatic heterocycles. The van der Waals surface area contributed by atoms with Crippen LogP contribution < -0.4 is 10.5 Å². The molecule has 0 bridgehead atoms. The van der Waals surface area contributed by atoms with E-state index in [2.05, 4.69) is 15.0 Å². The van der Waals surface area contributed by atoms with Crippen molar-refractivity contribution in [1.29, 1.82) is 0 Å². The van der Waals surface area contributed by atoms with E-state index in [1.165, 1.54) is 11.8 Å². The summed E-state index contributed by atoms with van der Waals surface area (Å²) in [5, 5.41) is 10.6. The highest BCUT2D eigenvalue weighted by Gasteiger charge is 2.11. The molecule has 0 unspecified atom stereocenters. The molecule has 0 radical (unpaired) electrons. The lowest BCUT2D eigenvalue weighted by Crippen LogP contribution is -2.06. The summed E-state index contributed by atoms with van der Waals surface area (Å²) in [6, 6.07) is 19.8. The Bertz CT molecular complexity index is 1070. The number of hydrogen-bond donors (Lipinski definition) is 2. The number of aromatic nitrogens is 2. The number of carboxylic acid groups (broad SMARTS) is 1. The van der Waals surface area contributed by atoms with E-state index in [1.54, 1.807) is 17.7 Å². The van der Waals surface area contributed by atoms with Crippen LogP contribution in [0.5, 0.6) is 5.88 Å². The lowest BCUT2D eigenvalue weighted by Gasteiger charge is -2.10. The van der Waals surface area contributed by atoms with Gasteiger partial charge in [0.05, 0.1) is 11.9 Å². The van der Waals surface area contributed by atoms with Gasteiger partial charge in [0.2, 0.25) is 5.82 Å². The zero-order chi connectivity index (χ0) is 22.6. The van der Waals surface area contributed by atoms with Crippen LogP contribution in [0.1, 0.15) is 29.7 Å². The molecule has 0 aliphatic rings. The zero-order valence-corrected chi connectivity index (χ0v) is 18.2. The molecule has 0 fully saturated rings. The van der Waals surface area contributed by atoms with Gasteiger partial charge < -0.3 is 15.6 Å². The molecule has 32 heavy (non-hydrogen) atoms. The van der Waals surface area contributed by atoms with Gasteiger partial charge in [0, 0.05) is 12.8 Å². The standard InChI is InChI=1S/C24H24N4O3S/c25-24(32-14-8-7-13-21(29)30)28-22-23(31-17-19-11-5-2-6-12-19)27-20(16-26-22)15-18-9-3-1-4-10-18/h1-6,8-12,14,16H,7,13,15,17H2,(H,29,30)(H2,25,26,28)/b14-8+. The summed E-state index contributed by atoms with van der Waals surface area (Å²) in [6.07, 6.45) is 4.52. The van der Waals surface area contributed by atoms with E-state index >= 15 is 0 Å². The van der Waals surface area contributed by atoms with Crippen molar-refractivity contribution in [3.8, 4) is 5.88 Å². The molecule has 164 valence electrons. The van der Waals surface area contributed by atoms with E-state index in [4.69, 9.17) is 15.6 Å². The van der Waals surface area contributed by atoms with Crippen LogP contribution in [0.3, 0.4) is 0 Å². The molecule has 7 nitrogen and oxygen atoms in total. The molecule has 2 aromatic carbocycles. The number of thioether (sulfide) groups is 1. The Labute approximate surface area is 191 Å². The number of rotatable bonds is 10. The largest absolute Gasteiger partial charge is 0.481 e. The van der Waals surface area contributed by atoms with Gasteiger partial charge >= 0.3 is 5.97 Å². The molecule has 3 N–H and O–H groups in total. The van der Waals surface area contributed by atoms with Crippen molar-refractivity contribution in [2.24, 2.45) is 10.7 Å². The van der Waals surface area contributed by atoms with Crippen molar-refractivity contribution in [3.05, 3.63) is 95.2 Å². The average Bonchev–Trinajstić information content (AvgIpc) is 2.80. The van der Waals surface area contributed by atoms with Crippen LogP contribution in [0.4, 0.5) is 5.82 Å². The van der Waals surface area contributed by atoms with Crippen LogP contribution in [0.2, 0.25) is 0 Å². The molecule has 3 aromatic rings. The van der Waals surface area contributed by atoms with Gasteiger partial charge in [0.25, 0.3) is 5.88 Å². The predicted molar refractivity (Wildman–Crippen MR) is 127 cm³/mol. The molecular formula is C24H24N4O3S. The average molecular weight is 449 g/mol. The van der Waals surface area contributed by atoms with Crippen LogP contribution in [0, 0.1) is 0 Å². The van der Waals surface area contributed by atoms with Gasteiger partial charge in [0.15, 0.2) is 5.17 Å². The molecular weight excluding hydrogens is 424 g/mol. The topological polar surface area (TPSA) is 111 Å². The lowest BCUT2D eigenvalue weighted by molar-refractivity contribution is -0.136. The normalized spacial score (nSPS) is 11.6. The number of amidine groups is 1. The minimum Gasteiger partial charge on any atom is -0.481 e. The number of ether oxygens (including phenoxy) is 1. The summed E-state index contributed by atoms with van der Waals surface area (Å²) < 4.78 is 5.94. The van der Waals surface area contributed by atoms with E-state index < -0.39 is 5.97 Å². The molecule has 8 heteroatoms. The zero-order valence-electron chi connectivity index (χ0n) is 17.4. The Morgan fingerprint density at radius 2 is 1.78 bits per heavy atom. The number of benzene rings is 2. The van der Waals surface area contributed by atoms with Gasteiger partial charge in [0.1, 0.15) is 6.61 Å². The Hall–Kier alpha value is -3.65. The van der Waals surface area contributed by atoms with Gasteiger partial charge in [-0.1, -0.05) is 78.5 Å². The molecule has 0 spiro atoms. The maximum atomic E-state index is 10.6. The molecule has 1 heterocycles. The number of aliphatic imine (C=N–C) groups is 1. The fourth-order valence-electron chi connectivity index (χ4n) is 2.71. The van der Waals surface area contributed by atoms with Crippen molar-refractivity contribution in [1.82, 2.24) is 9.97 Å². The Morgan fingerprint density at radius 1 is 1.09 bits per heavy atom. The first-order chi connectivity index (χ1) is 15.6. The second-order valence-corrected chi connectivity index (χ2v) is 7.72. The van der Waals surface area contributed by atoms with Crippen molar-refractivity contribution >= 4 is 28.7 Å². The number of nitrogens with two attached hydrogens (primary N) is 1. The Balaban J connectivity index is 1.75. The maximum absolute atomic E-state index is 10.6. The molecule has 3 rings (SSSR count). The van der Waals surface area contributed by atoms with Gasteiger partial charge in [-0.25, -0.2) is 9.97 Å². The Kier molecular flexibility index (Phi) is 8.82. The highest BCUT2D eigenvalue weighted by atomic mass is 32.2. The third kappa shape index (κ3) is 7.88. The smallest absolute Gasteiger partial charge is 0.303 e. The van der Waals surface area contributed by atoms with Crippen molar-refractivity contribution in [3.63, 3.8) is 0 Å². The van der Waals surface area contributed by atoms with Gasteiger partial charge in [-0.05, 0) is 23.0 Å². The number of allylic oxidation sites excluding steroid dienone is 1. The summed E-state index contributed by atoms with van der Waals surface area (Å²) >= 11 is 1.18. The fourth-order valence-corrected chi connectivity index (χ4v) is 3.22. The molecule has 0 amide bonds.